The van der Waals surface area contributed by atoms with Crippen LogP contribution in [0, 0.1) is 5.82 Å². The fourth-order valence-electron chi connectivity index (χ4n) is 2.05. The first-order chi connectivity index (χ1) is 9.65. The molecule has 0 bridgehead atoms. The van der Waals surface area contributed by atoms with Gasteiger partial charge in [0.25, 0.3) is 0 Å². The molecule has 0 unspecified atom stereocenters. The molecule has 0 spiro atoms. The van der Waals surface area contributed by atoms with E-state index < -0.39 is 5.82 Å². The van der Waals surface area contributed by atoms with E-state index in [2.05, 4.69) is 0 Å². The first-order valence-electron chi connectivity index (χ1n) is 6.26. The van der Waals surface area contributed by atoms with Crippen molar-refractivity contribution in [1.29, 1.82) is 0 Å². The molecule has 0 saturated heterocycles. The topological polar surface area (TPSA) is 53.7 Å². The summed E-state index contributed by atoms with van der Waals surface area (Å²) in [7, 11) is 0. The molecule has 20 heavy (non-hydrogen) atoms. The van der Waals surface area contributed by atoms with Crippen molar-refractivity contribution in [2.45, 2.75) is 13.0 Å². The van der Waals surface area contributed by atoms with E-state index in [0.717, 1.165) is 0 Å². The number of nitrogens with two attached hydrogens (primary N) is 1. The molecule has 3 rings (SSSR count). The van der Waals surface area contributed by atoms with Crippen LogP contribution in [0.15, 0.2) is 36.4 Å². The van der Waals surface area contributed by atoms with Gasteiger partial charge in [0, 0.05) is 17.7 Å². The summed E-state index contributed by atoms with van der Waals surface area (Å²) < 4.78 is 30.1. The average Bonchev–Trinajstić information content (AvgIpc) is 2.88. The average molecular weight is 275 g/mol. The Balaban J connectivity index is 1.95. The summed E-state index contributed by atoms with van der Waals surface area (Å²) in [5.41, 5.74) is 6.45. The van der Waals surface area contributed by atoms with Crippen LogP contribution in [0.3, 0.4) is 0 Å². The second-order valence-electron chi connectivity index (χ2n) is 4.56. The molecule has 1 heterocycles. The number of fused-ring (bicyclic) bond motifs is 1. The van der Waals surface area contributed by atoms with Gasteiger partial charge in [0.1, 0.15) is 5.75 Å². The van der Waals surface area contributed by atoms with Crippen molar-refractivity contribution in [3.05, 3.63) is 47.8 Å². The lowest BCUT2D eigenvalue weighted by atomic mass is 10.1. The number of hydrogen-bond acceptors (Lipinski definition) is 4. The van der Waals surface area contributed by atoms with Gasteiger partial charge < -0.3 is 19.9 Å². The quantitative estimate of drug-likeness (QED) is 0.933. The fraction of sp³-hybridized carbons (Fsp3) is 0.200. The number of halogens is 1. The minimum absolute atomic E-state index is 0.140. The molecule has 0 aromatic heterocycles. The molecule has 0 saturated carbocycles. The molecule has 1 atom stereocenters. The van der Waals surface area contributed by atoms with Crippen LogP contribution < -0.4 is 19.9 Å². The molecule has 0 radical (unpaired) electrons. The first kappa shape index (κ1) is 12.7. The van der Waals surface area contributed by atoms with Gasteiger partial charge in [-0.25, -0.2) is 4.39 Å². The van der Waals surface area contributed by atoms with Crippen molar-refractivity contribution in [2.24, 2.45) is 5.73 Å². The Hall–Kier alpha value is -2.27. The Morgan fingerprint density at radius 1 is 1.20 bits per heavy atom. The molecule has 2 aromatic rings. The molecule has 0 aliphatic carbocycles. The summed E-state index contributed by atoms with van der Waals surface area (Å²) in [6.45, 7) is 1.96. The van der Waals surface area contributed by atoms with E-state index in [4.69, 9.17) is 19.9 Å². The van der Waals surface area contributed by atoms with Crippen LogP contribution in [-0.4, -0.2) is 6.79 Å². The second kappa shape index (κ2) is 5.02. The monoisotopic (exact) mass is 275 g/mol. The fourth-order valence-corrected chi connectivity index (χ4v) is 2.05. The summed E-state index contributed by atoms with van der Waals surface area (Å²) in [6.07, 6.45) is 0. The molecule has 4 nitrogen and oxygen atoms in total. The van der Waals surface area contributed by atoms with Crippen molar-refractivity contribution in [1.82, 2.24) is 0 Å². The minimum atomic E-state index is -0.447. The normalized spacial score (nSPS) is 14.2. The molecule has 5 heteroatoms. The van der Waals surface area contributed by atoms with E-state index in [1.807, 2.05) is 0 Å². The SMILES string of the molecule is C[C@@H](N)c1cccc(F)c1Oc1ccc2c(c1)OCO2. The maximum atomic E-state index is 13.9. The van der Waals surface area contributed by atoms with Crippen LogP contribution >= 0.6 is 0 Å². The van der Waals surface area contributed by atoms with E-state index in [0.29, 0.717) is 22.8 Å². The highest BCUT2D eigenvalue weighted by Gasteiger charge is 2.17. The highest BCUT2D eigenvalue weighted by molar-refractivity contribution is 5.49. The third-order valence-electron chi connectivity index (χ3n) is 3.05. The molecular formula is C15H14FNO3. The highest BCUT2D eigenvalue weighted by Crippen LogP contribution is 2.38. The summed E-state index contributed by atoms with van der Waals surface area (Å²) in [4.78, 5) is 0. The zero-order valence-electron chi connectivity index (χ0n) is 10.9. The summed E-state index contributed by atoms with van der Waals surface area (Å²) in [5.74, 6) is 1.40. The Morgan fingerprint density at radius 2 is 2.00 bits per heavy atom. The lowest BCUT2D eigenvalue weighted by Crippen LogP contribution is -2.07. The molecule has 0 amide bonds. The zero-order chi connectivity index (χ0) is 14.1. The number of rotatable bonds is 3. The highest BCUT2D eigenvalue weighted by atomic mass is 19.1. The van der Waals surface area contributed by atoms with Crippen molar-refractivity contribution in [2.75, 3.05) is 6.79 Å². The third-order valence-corrected chi connectivity index (χ3v) is 3.05. The zero-order valence-corrected chi connectivity index (χ0v) is 10.9. The Morgan fingerprint density at radius 3 is 2.80 bits per heavy atom. The van der Waals surface area contributed by atoms with Crippen molar-refractivity contribution in [3.8, 4) is 23.0 Å². The van der Waals surface area contributed by atoms with Gasteiger partial charge in [-0.2, -0.15) is 0 Å². The minimum Gasteiger partial charge on any atom is -0.454 e. The lowest BCUT2D eigenvalue weighted by molar-refractivity contribution is 0.174. The third kappa shape index (κ3) is 2.28. The van der Waals surface area contributed by atoms with Crippen LogP contribution in [0.25, 0.3) is 0 Å². The smallest absolute Gasteiger partial charge is 0.231 e. The van der Waals surface area contributed by atoms with Gasteiger partial charge in [-0.1, -0.05) is 12.1 Å². The van der Waals surface area contributed by atoms with E-state index >= 15 is 0 Å². The Bertz CT molecular complexity index is 643. The Kier molecular flexibility index (Phi) is 3.20. The van der Waals surface area contributed by atoms with E-state index in [-0.39, 0.29) is 18.6 Å². The van der Waals surface area contributed by atoms with E-state index in [1.54, 1.807) is 37.3 Å². The van der Waals surface area contributed by atoms with Crippen LogP contribution in [-0.2, 0) is 0 Å². The van der Waals surface area contributed by atoms with Gasteiger partial charge in [-0.15, -0.1) is 0 Å². The molecule has 0 fully saturated rings. The van der Waals surface area contributed by atoms with Gasteiger partial charge in [-0.3, -0.25) is 0 Å². The Labute approximate surface area is 115 Å². The standard InChI is InChI=1S/C15H14FNO3/c1-9(17)11-3-2-4-12(16)15(11)20-10-5-6-13-14(7-10)19-8-18-13/h2-7,9H,8,17H2,1H3/t9-/m1/s1. The van der Waals surface area contributed by atoms with Crippen LogP contribution in [0.4, 0.5) is 4.39 Å². The van der Waals surface area contributed by atoms with Crippen LogP contribution in [0.5, 0.6) is 23.0 Å². The van der Waals surface area contributed by atoms with Gasteiger partial charge in [0.15, 0.2) is 23.1 Å². The van der Waals surface area contributed by atoms with Gasteiger partial charge in [0.05, 0.1) is 0 Å². The molecular weight excluding hydrogens is 261 g/mol. The predicted molar refractivity (Wildman–Crippen MR) is 71.6 cm³/mol. The predicted octanol–water partition coefficient (Wildman–Crippen LogP) is 3.37. The number of benzene rings is 2. The van der Waals surface area contributed by atoms with Crippen LogP contribution in [0.2, 0.25) is 0 Å². The molecule has 2 N–H and O–H groups in total. The molecule has 104 valence electrons. The van der Waals surface area contributed by atoms with Gasteiger partial charge in [-0.05, 0) is 25.1 Å². The number of ether oxygens (including phenoxy) is 3. The van der Waals surface area contributed by atoms with Crippen molar-refractivity contribution in [3.63, 3.8) is 0 Å². The number of para-hydroxylation sites is 1. The summed E-state index contributed by atoms with van der Waals surface area (Å²) in [6, 6.07) is 9.47. The number of hydrogen-bond donors (Lipinski definition) is 1. The molecule has 2 aromatic carbocycles. The summed E-state index contributed by atoms with van der Waals surface area (Å²) >= 11 is 0. The maximum absolute atomic E-state index is 13.9. The van der Waals surface area contributed by atoms with E-state index in [1.165, 1.54) is 6.07 Å². The van der Waals surface area contributed by atoms with E-state index in [9.17, 15) is 4.39 Å². The molecule has 1 aliphatic rings. The van der Waals surface area contributed by atoms with Crippen LogP contribution in [0.1, 0.15) is 18.5 Å². The molecule has 1 aliphatic heterocycles. The van der Waals surface area contributed by atoms with Crippen molar-refractivity contribution < 1.29 is 18.6 Å². The lowest BCUT2D eigenvalue weighted by Gasteiger charge is -2.14. The largest absolute Gasteiger partial charge is 0.454 e. The summed E-state index contributed by atoms with van der Waals surface area (Å²) in [5, 5.41) is 0. The maximum Gasteiger partial charge on any atom is 0.231 e. The second-order valence-corrected chi connectivity index (χ2v) is 4.56. The van der Waals surface area contributed by atoms with Crippen molar-refractivity contribution >= 4 is 0 Å². The van der Waals surface area contributed by atoms with Gasteiger partial charge in [0.2, 0.25) is 6.79 Å². The first-order valence-corrected chi connectivity index (χ1v) is 6.26. The van der Waals surface area contributed by atoms with Gasteiger partial charge >= 0.3 is 0 Å².